The molecule has 16 atom stereocenters. The van der Waals surface area contributed by atoms with E-state index in [0.717, 1.165) is 0 Å². The highest BCUT2D eigenvalue weighted by molar-refractivity contribution is 5.97. The van der Waals surface area contributed by atoms with Gasteiger partial charge in [0.25, 0.3) is 0 Å². The third-order valence-electron chi connectivity index (χ3n) is 14.9. The quantitative estimate of drug-likeness (QED) is 0.0529. The number of esters is 4. The molecule has 4 rings (SSSR count). The zero-order chi connectivity index (χ0) is 59.2. The number of aliphatic hydroxyl groups excluding tert-OH is 8. The van der Waals surface area contributed by atoms with E-state index in [1.165, 1.54) is 28.4 Å². The molecule has 76 heavy (non-hydrogen) atoms. The third kappa shape index (κ3) is 13.5. The Morgan fingerprint density at radius 2 is 0.526 bits per heavy atom. The van der Waals surface area contributed by atoms with Crippen LogP contribution in [0, 0.1) is 47.3 Å². The lowest BCUT2D eigenvalue weighted by Crippen LogP contribution is -2.65. The molecule has 12 N–H and O–H groups in total. The van der Waals surface area contributed by atoms with Crippen LogP contribution in [0.1, 0.15) is 134 Å². The van der Waals surface area contributed by atoms with E-state index in [4.69, 9.17) is 0 Å². The number of hydrogen-bond acceptors (Lipinski definition) is 20. The molecule has 24 nitrogen and oxygen atoms in total. The number of ether oxygens (including phenoxy) is 4. The Balaban J connectivity index is 0.000000507. The van der Waals surface area contributed by atoms with Crippen LogP contribution in [0.3, 0.4) is 0 Å². The van der Waals surface area contributed by atoms with Crippen LogP contribution < -0.4 is 21.3 Å². The van der Waals surface area contributed by atoms with Gasteiger partial charge in [0.2, 0.25) is 23.6 Å². The zero-order valence-electron chi connectivity index (χ0n) is 47.4. The van der Waals surface area contributed by atoms with Crippen LogP contribution in [0.5, 0.6) is 0 Å². The second-order valence-corrected chi connectivity index (χ2v) is 21.5. The minimum Gasteiger partial charge on any atom is -0.467 e. The fraction of sp³-hybridized carbons (Fsp3) is 0.846. The smallest absolute Gasteiger partial charge is 0.337 e. The van der Waals surface area contributed by atoms with Gasteiger partial charge in [0, 0.05) is 0 Å². The molecule has 0 aromatic rings. The Kier molecular flexibility index (Phi) is 26.9. The Hall–Kier alpha value is -4.56. The zero-order valence-corrected chi connectivity index (χ0v) is 47.4. The summed E-state index contributed by atoms with van der Waals surface area (Å²) in [5.74, 6) is -8.95. The van der Waals surface area contributed by atoms with Gasteiger partial charge in [-0.25, -0.2) is 19.2 Å². The average Bonchev–Trinajstić information content (AvgIpc) is 3.99. The maximum absolute atomic E-state index is 12.0. The summed E-state index contributed by atoms with van der Waals surface area (Å²) in [5, 5.41) is 92.5. The van der Waals surface area contributed by atoms with Crippen LogP contribution >= 0.6 is 0 Å². The van der Waals surface area contributed by atoms with Crippen LogP contribution in [-0.2, 0) is 57.3 Å². The van der Waals surface area contributed by atoms with Gasteiger partial charge in [-0.3, -0.25) is 19.2 Å². The van der Waals surface area contributed by atoms with Crippen molar-refractivity contribution in [1.29, 1.82) is 0 Å². The van der Waals surface area contributed by atoms with Gasteiger partial charge in [0.05, 0.1) is 76.5 Å². The predicted molar refractivity (Wildman–Crippen MR) is 273 cm³/mol. The summed E-state index contributed by atoms with van der Waals surface area (Å²) < 4.78 is 18.7. The van der Waals surface area contributed by atoms with Crippen LogP contribution in [0.25, 0.3) is 0 Å². The average molecular weight is 1090 g/mol. The van der Waals surface area contributed by atoms with Crippen molar-refractivity contribution >= 4 is 47.5 Å². The van der Waals surface area contributed by atoms with Crippen LogP contribution in [0.4, 0.5) is 0 Å². The molecule has 0 unspecified atom stereocenters. The van der Waals surface area contributed by atoms with E-state index >= 15 is 0 Å². The minimum atomic E-state index is -1.76. The Morgan fingerprint density at radius 3 is 0.632 bits per heavy atom. The molecule has 0 aromatic carbocycles. The summed E-state index contributed by atoms with van der Waals surface area (Å²) in [7, 11) is 4.68. The number of hydrogen-bond donors (Lipinski definition) is 12. The number of carbonyl (C=O) groups excluding carboxylic acids is 8. The Bertz CT molecular complexity index is 1700. The van der Waals surface area contributed by atoms with E-state index in [-0.39, 0.29) is 23.7 Å². The molecule has 24 heteroatoms. The van der Waals surface area contributed by atoms with Crippen LogP contribution in [0.2, 0.25) is 0 Å². The first-order valence-electron chi connectivity index (χ1n) is 26.4. The summed E-state index contributed by atoms with van der Waals surface area (Å²) in [4.78, 5) is 95.9. The maximum Gasteiger partial charge on any atom is 0.337 e. The number of amides is 4. The molecule has 4 heterocycles. The first-order valence-corrected chi connectivity index (χ1v) is 26.4. The van der Waals surface area contributed by atoms with Crippen molar-refractivity contribution in [2.24, 2.45) is 47.3 Å². The van der Waals surface area contributed by atoms with Crippen LogP contribution in [0.15, 0.2) is 0 Å². The largest absolute Gasteiger partial charge is 0.467 e. The monoisotopic (exact) mass is 1090 g/mol. The number of carbonyl (C=O) groups is 8. The SMILES string of the molecule is CCC[C@H]1C(=O)N[C@](C(=O)OC)([C@@H](O)C(C)C)[C@H]1O.CCC[C@H]1C(=O)N[C@](C(=O)OC)([C@@H](O)C(C)C)[C@H]1O.CCC[C@H]1C(=O)N[C@](C(=O)OC)([C@@H](O)C(C)C)[C@H]1O.CCC[C@H]1C(=O)N[C@](C(=O)OC)([C@@H](O)C(C)C)[C@H]1O. The highest BCUT2D eigenvalue weighted by atomic mass is 16.5. The summed E-state index contributed by atoms with van der Waals surface area (Å²) >= 11 is 0. The first-order chi connectivity index (χ1) is 35.3. The molecule has 0 bridgehead atoms. The van der Waals surface area contributed by atoms with Crippen molar-refractivity contribution in [2.45, 2.75) is 205 Å². The Labute approximate surface area is 447 Å². The lowest BCUT2D eigenvalue weighted by Gasteiger charge is -2.36. The summed E-state index contributed by atoms with van der Waals surface area (Å²) in [6.45, 7) is 21.2. The van der Waals surface area contributed by atoms with Crippen molar-refractivity contribution in [3.05, 3.63) is 0 Å². The fourth-order valence-corrected chi connectivity index (χ4v) is 10.7. The van der Waals surface area contributed by atoms with Crippen molar-refractivity contribution in [3.63, 3.8) is 0 Å². The van der Waals surface area contributed by atoms with E-state index in [2.05, 4.69) is 40.2 Å². The molecular weight excluding hydrogens is 1000 g/mol. The van der Waals surface area contributed by atoms with E-state index in [0.29, 0.717) is 51.4 Å². The highest BCUT2D eigenvalue weighted by Gasteiger charge is 2.66. The predicted octanol–water partition coefficient (Wildman–Crippen LogP) is -0.712. The molecule has 0 aromatic heterocycles. The number of aliphatic hydroxyl groups is 8. The van der Waals surface area contributed by atoms with Crippen molar-refractivity contribution in [2.75, 3.05) is 28.4 Å². The molecule has 0 aliphatic carbocycles. The topological polar surface area (TPSA) is 383 Å². The molecule has 4 aliphatic rings. The molecular formula is C52H92N4O20. The van der Waals surface area contributed by atoms with Gasteiger partial charge in [-0.05, 0) is 49.4 Å². The maximum atomic E-state index is 12.0. The van der Waals surface area contributed by atoms with Gasteiger partial charge in [-0.2, -0.15) is 0 Å². The number of methoxy groups -OCH3 is 4. The van der Waals surface area contributed by atoms with Gasteiger partial charge in [0.15, 0.2) is 22.2 Å². The molecule has 4 amide bonds. The second kappa shape index (κ2) is 29.4. The normalized spacial score (nSPS) is 32.3. The molecule has 0 saturated carbocycles. The Morgan fingerprint density at radius 1 is 0.382 bits per heavy atom. The number of nitrogens with one attached hydrogen (secondary N) is 4. The van der Waals surface area contributed by atoms with E-state index in [1.807, 2.05) is 27.7 Å². The molecule has 4 saturated heterocycles. The van der Waals surface area contributed by atoms with Gasteiger partial charge in [0.1, 0.15) is 24.4 Å². The van der Waals surface area contributed by atoms with E-state index in [1.54, 1.807) is 55.4 Å². The van der Waals surface area contributed by atoms with E-state index in [9.17, 15) is 79.2 Å². The summed E-state index contributed by atoms with van der Waals surface area (Å²) in [5.41, 5.74) is -7.06. The van der Waals surface area contributed by atoms with E-state index < -0.39 is 142 Å². The summed E-state index contributed by atoms with van der Waals surface area (Å²) in [6.07, 6.45) is -5.37. The third-order valence-corrected chi connectivity index (χ3v) is 14.9. The standard InChI is InChI=1S/4C13H23NO5/c4*1-5-6-8-10(16)13(12(18)19-4,14-11(8)17)9(15)7(2)3/h4*7-10,15-16H,5-6H2,1-4H3,(H,14,17)/t4*8-,9+,10+,13-/m1111/s1. The minimum absolute atomic E-state index is 0.311. The van der Waals surface area contributed by atoms with Gasteiger partial charge in [-0.1, -0.05) is 109 Å². The first kappa shape index (κ1) is 69.5. The van der Waals surface area contributed by atoms with Gasteiger partial charge in [-0.15, -0.1) is 0 Å². The van der Waals surface area contributed by atoms with Gasteiger partial charge >= 0.3 is 23.9 Å². The lowest BCUT2D eigenvalue weighted by molar-refractivity contribution is -0.163. The van der Waals surface area contributed by atoms with Crippen molar-refractivity contribution in [1.82, 2.24) is 21.3 Å². The van der Waals surface area contributed by atoms with Crippen LogP contribution in [-0.4, -0.2) is 188 Å². The van der Waals surface area contributed by atoms with Crippen molar-refractivity contribution in [3.8, 4) is 0 Å². The number of rotatable bonds is 20. The molecule has 4 fully saturated rings. The lowest BCUT2D eigenvalue weighted by atomic mass is 9.79. The molecule has 440 valence electrons. The second-order valence-electron chi connectivity index (χ2n) is 21.5. The molecule has 0 radical (unpaired) electrons. The van der Waals surface area contributed by atoms with Gasteiger partial charge < -0.3 is 81.1 Å². The highest BCUT2D eigenvalue weighted by Crippen LogP contribution is 2.39. The molecule has 0 spiro atoms. The molecule has 4 aliphatic heterocycles. The van der Waals surface area contributed by atoms with Crippen molar-refractivity contribution < 1.29 is 98.2 Å². The fourth-order valence-electron chi connectivity index (χ4n) is 10.7. The summed E-state index contributed by atoms with van der Waals surface area (Å²) in [6, 6.07) is 0.